The first-order valence-corrected chi connectivity index (χ1v) is 5.80. The van der Waals surface area contributed by atoms with E-state index < -0.39 is 0 Å². The van der Waals surface area contributed by atoms with E-state index in [-0.39, 0.29) is 12.0 Å². The average Bonchev–Trinajstić information content (AvgIpc) is 2.43. The lowest BCUT2D eigenvalue weighted by molar-refractivity contribution is 0.0285. The first-order chi connectivity index (χ1) is 8.71. The summed E-state index contributed by atoms with van der Waals surface area (Å²) < 4.78 is 10.1. The number of methoxy groups -OCH3 is 2. The van der Waals surface area contributed by atoms with E-state index in [1.807, 2.05) is 12.1 Å². The number of benzene rings is 1. The van der Waals surface area contributed by atoms with Gasteiger partial charge in [-0.2, -0.15) is 0 Å². The van der Waals surface area contributed by atoms with Crippen molar-refractivity contribution in [1.82, 2.24) is 5.32 Å². The van der Waals surface area contributed by atoms with Crippen LogP contribution < -0.4 is 11.1 Å². The topological polar surface area (TPSA) is 73.6 Å². The molecule has 0 aliphatic carbocycles. The molecule has 0 heterocycles. The number of nitrogens with one attached hydrogen (secondary N) is 1. The van der Waals surface area contributed by atoms with E-state index >= 15 is 0 Å². The van der Waals surface area contributed by atoms with Gasteiger partial charge in [0.25, 0.3) is 5.91 Å². The van der Waals surface area contributed by atoms with Gasteiger partial charge in [0.05, 0.1) is 12.7 Å². The molecular weight excluding hydrogens is 232 g/mol. The number of carbonyl (C=O) groups is 1. The molecular formula is C13H20N2O3. The second-order valence-electron chi connectivity index (χ2n) is 3.93. The van der Waals surface area contributed by atoms with Gasteiger partial charge < -0.3 is 20.5 Å². The maximum atomic E-state index is 11.9. The molecule has 1 unspecified atom stereocenters. The molecule has 0 aliphatic rings. The summed E-state index contributed by atoms with van der Waals surface area (Å²) in [6.07, 6.45) is -0.142. The summed E-state index contributed by atoms with van der Waals surface area (Å²) >= 11 is 0. The molecule has 1 rings (SSSR count). The smallest absolute Gasteiger partial charge is 0.251 e. The Morgan fingerprint density at radius 2 is 2.22 bits per heavy atom. The molecule has 0 spiro atoms. The van der Waals surface area contributed by atoms with E-state index in [2.05, 4.69) is 5.32 Å². The maximum absolute atomic E-state index is 11.9. The summed E-state index contributed by atoms with van der Waals surface area (Å²) in [7, 11) is 3.18. The molecule has 100 valence electrons. The van der Waals surface area contributed by atoms with Gasteiger partial charge in [0.1, 0.15) is 0 Å². The number of nitrogens with two attached hydrogens (primary N) is 1. The van der Waals surface area contributed by atoms with E-state index in [9.17, 15) is 4.79 Å². The lowest BCUT2D eigenvalue weighted by atomic mass is 10.1. The maximum Gasteiger partial charge on any atom is 0.251 e. The Labute approximate surface area is 107 Å². The minimum atomic E-state index is -0.142. The third-order valence-electron chi connectivity index (χ3n) is 2.60. The fourth-order valence-corrected chi connectivity index (χ4v) is 1.54. The Kier molecular flexibility index (Phi) is 6.35. The summed E-state index contributed by atoms with van der Waals surface area (Å²) in [5.41, 5.74) is 7.07. The van der Waals surface area contributed by atoms with E-state index in [4.69, 9.17) is 15.2 Å². The van der Waals surface area contributed by atoms with Crippen molar-refractivity contribution in [3.8, 4) is 0 Å². The van der Waals surface area contributed by atoms with Crippen molar-refractivity contribution in [3.05, 3.63) is 35.4 Å². The molecule has 5 heteroatoms. The quantitative estimate of drug-likeness (QED) is 0.742. The first-order valence-electron chi connectivity index (χ1n) is 5.80. The van der Waals surface area contributed by atoms with E-state index in [0.29, 0.717) is 25.3 Å². The number of ether oxygens (including phenoxy) is 2. The summed E-state index contributed by atoms with van der Waals surface area (Å²) in [5, 5.41) is 2.80. The van der Waals surface area contributed by atoms with Crippen molar-refractivity contribution < 1.29 is 14.3 Å². The number of rotatable bonds is 7. The fourth-order valence-electron chi connectivity index (χ4n) is 1.54. The second-order valence-corrected chi connectivity index (χ2v) is 3.93. The number of carbonyl (C=O) groups excluding carboxylic acids is 1. The summed E-state index contributed by atoms with van der Waals surface area (Å²) in [5.74, 6) is -0.136. The zero-order valence-electron chi connectivity index (χ0n) is 10.8. The van der Waals surface area contributed by atoms with Gasteiger partial charge in [-0.3, -0.25) is 4.79 Å². The van der Waals surface area contributed by atoms with Gasteiger partial charge in [-0.15, -0.1) is 0 Å². The molecule has 0 aromatic heterocycles. The van der Waals surface area contributed by atoms with Crippen LogP contribution in [0.3, 0.4) is 0 Å². The Hall–Kier alpha value is -1.43. The highest BCUT2D eigenvalue weighted by molar-refractivity contribution is 5.94. The Balaban J connectivity index is 2.53. The van der Waals surface area contributed by atoms with Crippen LogP contribution in [-0.2, 0) is 16.0 Å². The van der Waals surface area contributed by atoms with Crippen molar-refractivity contribution in [1.29, 1.82) is 0 Å². The van der Waals surface area contributed by atoms with Crippen LogP contribution >= 0.6 is 0 Å². The molecule has 1 amide bonds. The molecule has 0 radical (unpaired) electrons. The Morgan fingerprint density at radius 1 is 1.44 bits per heavy atom. The summed E-state index contributed by atoms with van der Waals surface area (Å²) in [6, 6.07) is 7.25. The highest BCUT2D eigenvalue weighted by atomic mass is 16.5. The normalized spacial score (nSPS) is 12.2. The van der Waals surface area contributed by atoms with Crippen molar-refractivity contribution >= 4 is 5.91 Å². The SMILES string of the molecule is COCC(CNC(=O)c1cccc(CN)c1)OC. The van der Waals surface area contributed by atoms with Crippen LogP contribution in [0.15, 0.2) is 24.3 Å². The second kappa shape index (κ2) is 7.81. The van der Waals surface area contributed by atoms with E-state index in [0.717, 1.165) is 5.56 Å². The average molecular weight is 252 g/mol. The van der Waals surface area contributed by atoms with Crippen LogP contribution in [0, 0.1) is 0 Å². The number of hydrogen-bond donors (Lipinski definition) is 2. The van der Waals surface area contributed by atoms with Crippen LogP contribution in [0.2, 0.25) is 0 Å². The van der Waals surface area contributed by atoms with Crippen LogP contribution in [0.1, 0.15) is 15.9 Å². The lowest BCUT2D eigenvalue weighted by Gasteiger charge is -2.15. The molecule has 5 nitrogen and oxygen atoms in total. The Morgan fingerprint density at radius 3 is 2.83 bits per heavy atom. The third-order valence-corrected chi connectivity index (χ3v) is 2.60. The van der Waals surface area contributed by atoms with Gasteiger partial charge >= 0.3 is 0 Å². The highest BCUT2D eigenvalue weighted by Gasteiger charge is 2.10. The molecule has 1 aromatic rings. The monoisotopic (exact) mass is 252 g/mol. The van der Waals surface area contributed by atoms with Gasteiger partial charge in [0.15, 0.2) is 0 Å². The molecule has 18 heavy (non-hydrogen) atoms. The summed E-state index contributed by atoms with van der Waals surface area (Å²) in [6.45, 7) is 1.28. The van der Waals surface area contributed by atoms with Gasteiger partial charge in [-0.05, 0) is 17.7 Å². The number of amides is 1. The molecule has 0 saturated heterocycles. The molecule has 0 fully saturated rings. The lowest BCUT2D eigenvalue weighted by Crippen LogP contribution is -2.35. The molecule has 3 N–H and O–H groups in total. The van der Waals surface area contributed by atoms with Gasteiger partial charge in [-0.25, -0.2) is 0 Å². The van der Waals surface area contributed by atoms with E-state index in [1.54, 1.807) is 26.4 Å². The zero-order chi connectivity index (χ0) is 13.4. The highest BCUT2D eigenvalue weighted by Crippen LogP contribution is 2.04. The van der Waals surface area contributed by atoms with Crippen molar-refractivity contribution in [2.75, 3.05) is 27.4 Å². The summed E-state index contributed by atoms with van der Waals surface area (Å²) in [4.78, 5) is 11.9. The van der Waals surface area contributed by atoms with E-state index in [1.165, 1.54) is 0 Å². The van der Waals surface area contributed by atoms with Crippen molar-refractivity contribution in [2.24, 2.45) is 5.73 Å². The van der Waals surface area contributed by atoms with Gasteiger partial charge in [0, 0.05) is 32.9 Å². The minimum Gasteiger partial charge on any atom is -0.382 e. The van der Waals surface area contributed by atoms with Gasteiger partial charge in [-0.1, -0.05) is 12.1 Å². The Bertz CT molecular complexity index is 382. The minimum absolute atomic E-state index is 0.136. The molecule has 1 atom stereocenters. The molecule has 1 aromatic carbocycles. The first kappa shape index (κ1) is 14.6. The molecule has 0 bridgehead atoms. The fraction of sp³-hybridized carbons (Fsp3) is 0.462. The van der Waals surface area contributed by atoms with Crippen LogP contribution in [-0.4, -0.2) is 39.4 Å². The predicted molar refractivity (Wildman–Crippen MR) is 69.3 cm³/mol. The third kappa shape index (κ3) is 4.44. The van der Waals surface area contributed by atoms with Crippen LogP contribution in [0.25, 0.3) is 0 Å². The largest absolute Gasteiger partial charge is 0.382 e. The van der Waals surface area contributed by atoms with Gasteiger partial charge in [0.2, 0.25) is 0 Å². The van der Waals surface area contributed by atoms with Crippen LogP contribution in [0.4, 0.5) is 0 Å². The van der Waals surface area contributed by atoms with Crippen molar-refractivity contribution in [2.45, 2.75) is 12.6 Å². The molecule has 0 aliphatic heterocycles. The molecule has 0 saturated carbocycles. The predicted octanol–water partition coefficient (Wildman–Crippen LogP) is 0.536. The number of hydrogen-bond acceptors (Lipinski definition) is 4. The standard InChI is InChI=1S/C13H20N2O3/c1-17-9-12(18-2)8-15-13(16)11-5-3-4-10(6-11)7-14/h3-6,12H,7-9,14H2,1-2H3,(H,15,16). The zero-order valence-corrected chi connectivity index (χ0v) is 10.8. The van der Waals surface area contributed by atoms with Crippen molar-refractivity contribution in [3.63, 3.8) is 0 Å². The van der Waals surface area contributed by atoms with Crippen LogP contribution in [0.5, 0.6) is 0 Å².